The topological polar surface area (TPSA) is 91.6 Å². The highest BCUT2D eigenvalue weighted by molar-refractivity contribution is 7.98. The van der Waals surface area contributed by atoms with Crippen LogP contribution < -0.4 is 15.8 Å². The van der Waals surface area contributed by atoms with E-state index >= 15 is 0 Å². The molecule has 28 heavy (non-hydrogen) atoms. The highest BCUT2D eigenvalue weighted by Gasteiger charge is 2.24. The summed E-state index contributed by atoms with van der Waals surface area (Å²) in [5, 5.41) is 13.7. The number of benzene rings is 2. The summed E-state index contributed by atoms with van der Waals surface area (Å²) in [6, 6.07) is 11.9. The Morgan fingerprint density at radius 2 is 1.89 bits per heavy atom. The summed E-state index contributed by atoms with van der Waals surface area (Å²) in [4.78, 5) is 38.5. The number of aryl methyl sites for hydroxylation is 1. The smallest absolute Gasteiger partial charge is 0.267 e. The summed E-state index contributed by atoms with van der Waals surface area (Å²) in [6.07, 6.45) is 2.46. The van der Waals surface area contributed by atoms with Gasteiger partial charge < -0.3 is 19.9 Å². The Morgan fingerprint density at radius 1 is 1.21 bits per heavy atom. The Bertz CT molecular complexity index is 1120. The van der Waals surface area contributed by atoms with Crippen molar-refractivity contribution < 1.29 is 14.7 Å². The number of pyridine rings is 1. The molecule has 0 aliphatic rings. The SMILES string of the molecule is CSc1ccc2c(c1)c(O)c(C(=O)N(C)c1ccc(NC=O)cc1)c(=O)n2C. The van der Waals surface area contributed by atoms with Gasteiger partial charge in [-0.05, 0) is 48.7 Å². The number of thioether (sulfide) groups is 1. The van der Waals surface area contributed by atoms with Crippen LogP contribution >= 0.6 is 11.8 Å². The number of hydrogen-bond acceptors (Lipinski definition) is 5. The first kappa shape index (κ1) is 19.5. The first-order valence-corrected chi connectivity index (χ1v) is 9.59. The number of rotatable bonds is 5. The monoisotopic (exact) mass is 397 g/mol. The molecule has 0 radical (unpaired) electrons. The van der Waals surface area contributed by atoms with Crippen molar-refractivity contribution in [3.63, 3.8) is 0 Å². The third-order valence-electron chi connectivity index (χ3n) is 4.57. The van der Waals surface area contributed by atoms with Gasteiger partial charge in [0, 0.05) is 35.8 Å². The number of aromatic hydroxyl groups is 1. The highest BCUT2D eigenvalue weighted by Crippen LogP contribution is 2.31. The van der Waals surface area contributed by atoms with E-state index in [1.54, 1.807) is 43.4 Å². The molecule has 0 aliphatic heterocycles. The summed E-state index contributed by atoms with van der Waals surface area (Å²) in [7, 11) is 3.09. The molecule has 2 aromatic carbocycles. The fraction of sp³-hybridized carbons (Fsp3) is 0.150. The standard InChI is InChI=1S/C20H19N3O4S/c1-22(13-6-4-12(5-7-13)21-11-24)19(26)17-18(25)15-10-14(28-3)8-9-16(15)23(2)20(17)27/h4-11,25H,1-3H3,(H,21,24). The van der Waals surface area contributed by atoms with Gasteiger partial charge in [-0.1, -0.05) is 0 Å². The van der Waals surface area contributed by atoms with Crippen molar-refractivity contribution in [1.82, 2.24) is 4.57 Å². The Morgan fingerprint density at radius 3 is 2.50 bits per heavy atom. The van der Waals surface area contributed by atoms with Crippen LogP contribution in [0.5, 0.6) is 5.75 Å². The summed E-state index contributed by atoms with van der Waals surface area (Å²) >= 11 is 1.50. The molecule has 8 heteroatoms. The fourth-order valence-electron chi connectivity index (χ4n) is 2.96. The second-order valence-electron chi connectivity index (χ2n) is 6.14. The van der Waals surface area contributed by atoms with E-state index in [2.05, 4.69) is 5.32 Å². The maximum atomic E-state index is 13.0. The number of carbonyl (C=O) groups is 2. The molecule has 0 saturated carbocycles. The first-order valence-electron chi connectivity index (χ1n) is 8.37. The lowest BCUT2D eigenvalue weighted by Crippen LogP contribution is -2.34. The summed E-state index contributed by atoms with van der Waals surface area (Å²) < 4.78 is 1.36. The number of fused-ring (bicyclic) bond motifs is 1. The van der Waals surface area contributed by atoms with E-state index in [1.807, 2.05) is 12.3 Å². The van der Waals surface area contributed by atoms with Gasteiger partial charge in [0.2, 0.25) is 6.41 Å². The first-order chi connectivity index (χ1) is 13.4. The number of nitrogens with one attached hydrogen (secondary N) is 1. The number of hydrogen-bond donors (Lipinski definition) is 2. The zero-order valence-electron chi connectivity index (χ0n) is 15.6. The maximum absolute atomic E-state index is 13.0. The lowest BCUT2D eigenvalue weighted by Gasteiger charge is -2.19. The zero-order valence-corrected chi connectivity index (χ0v) is 16.4. The van der Waals surface area contributed by atoms with Crippen molar-refractivity contribution in [2.24, 2.45) is 7.05 Å². The molecule has 0 fully saturated rings. The largest absolute Gasteiger partial charge is 0.506 e. The van der Waals surface area contributed by atoms with Crippen molar-refractivity contribution in [1.29, 1.82) is 0 Å². The molecular formula is C20H19N3O4S. The van der Waals surface area contributed by atoms with Gasteiger partial charge in [0.15, 0.2) is 0 Å². The maximum Gasteiger partial charge on any atom is 0.267 e. The van der Waals surface area contributed by atoms with Crippen molar-refractivity contribution >= 4 is 46.4 Å². The predicted octanol–water partition coefficient (Wildman–Crippen LogP) is 2.81. The van der Waals surface area contributed by atoms with Crippen LogP contribution in [0, 0.1) is 0 Å². The van der Waals surface area contributed by atoms with E-state index in [0.717, 1.165) is 4.90 Å². The van der Waals surface area contributed by atoms with E-state index in [0.29, 0.717) is 28.7 Å². The van der Waals surface area contributed by atoms with Crippen LogP contribution in [0.4, 0.5) is 11.4 Å². The molecule has 3 aromatic rings. The molecule has 144 valence electrons. The molecule has 0 unspecified atom stereocenters. The van der Waals surface area contributed by atoms with Crippen LogP contribution in [0.2, 0.25) is 0 Å². The molecule has 3 rings (SSSR count). The molecule has 1 aromatic heterocycles. The predicted molar refractivity (Wildman–Crippen MR) is 111 cm³/mol. The average Bonchev–Trinajstić information content (AvgIpc) is 2.72. The molecule has 0 atom stereocenters. The zero-order chi connectivity index (χ0) is 20.4. The lowest BCUT2D eigenvalue weighted by atomic mass is 10.1. The Balaban J connectivity index is 2.10. The van der Waals surface area contributed by atoms with E-state index < -0.39 is 11.5 Å². The molecular weight excluding hydrogens is 378 g/mol. The van der Waals surface area contributed by atoms with Gasteiger partial charge in [-0.2, -0.15) is 0 Å². The van der Waals surface area contributed by atoms with E-state index in [-0.39, 0.29) is 11.3 Å². The van der Waals surface area contributed by atoms with Gasteiger partial charge in [0.25, 0.3) is 11.5 Å². The van der Waals surface area contributed by atoms with E-state index in [4.69, 9.17) is 0 Å². The second-order valence-corrected chi connectivity index (χ2v) is 7.02. The Labute approximate surface area is 165 Å². The lowest BCUT2D eigenvalue weighted by molar-refractivity contribution is -0.105. The Kier molecular flexibility index (Phi) is 5.41. The fourth-order valence-corrected chi connectivity index (χ4v) is 3.40. The van der Waals surface area contributed by atoms with Crippen LogP contribution in [-0.4, -0.2) is 35.3 Å². The molecule has 0 aliphatic carbocycles. The molecule has 2 amide bonds. The van der Waals surface area contributed by atoms with Gasteiger partial charge in [-0.15, -0.1) is 11.8 Å². The van der Waals surface area contributed by atoms with Gasteiger partial charge >= 0.3 is 0 Å². The van der Waals surface area contributed by atoms with Crippen molar-refractivity contribution in [3.8, 4) is 5.75 Å². The third-order valence-corrected chi connectivity index (χ3v) is 5.30. The van der Waals surface area contributed by atoms with Crippen molar-refractivity contribution in [3.05, 3.63) is 58.4 Å². The van der Waals surface area contributed by atoms with Crippen molar-refractivity contribution in [2.75, 3.05) is 23.5 Å². The minimum Gasteiger partial charge on any atom is -0.506 e. The van der Waals surface area contributed by atoms with Crippen molar-refractivity contribution in [2.45, 2.75) is 4.90 Å². The number of aromatic nitrogens is 1. The number of amides is 2. The molecule has 2 N–H and O–H groups in total. The molecule has 0 spiro atoms. The van der Waals surface area contributed by atoms with Gasteiger partial charge in [-0.3, -0.25) is 14.4 Å². The number of nitrogens with zero attached hydrogens (tertiary/aromatic N) is 2. The molecule has 0 saturated heterocycles. The van der Waals surface area contributed by atoms with E-state index in [9.17, 15) is 19.5 Å². The van der Waals surface area contributed by atoms with Gasteiger partial charge in [0.05, 0.1) is 5.52 Å². The second kappa shape index (κ2) is 7.77. The Hall–Kier alpha value is -3.26. The van der Waals surface area contributed by atoms with Crippen LogP contribution in [0.3, 0.4) is 0 Å². The number of carbonyl (C=O) groups excluding carboxylic acids is 2. The summed E-state index contributed by atoms with van der Waals surface area (Å²) in [6.45, 7) is 0. The van der Waals surface area contributed by atoms with Crippen LogP contribution in [-0.2, 0) is 11.8 Å². The minimum atomic E-state index is -0.620. The normalized spacial score (nSPS) is 10.7. The van der Waals surface area contributed by atoms with E-state index in [1.165, 1.54) is 28.3 Å². The molecule has 1 heterocycles. The number of anilines is 2. The van der Waals surface area contributed by atoms with Crippen LogP contribution in [0.25, 0.3) is 10.9 Å². The third kappa shape index (κ3) is 3.34. The minimum absolute atomic E-state index is 0.286. The summed E-state index contributed by atoms with van der Waals surface area (Å²) in [5.74, 6) is -0.948. The molecule has 0 bridgehead atoms. The summed E-state index contributed by atoms with van der Waals surface area (Å²) in [5.41, 5.74) is 0.780. The van der Waals surface area contributed by atoms with Gasteiger partial charge in [0.1, 0.15) is 11.3 Å². The highest BCUT2D eigenvalue weighted by atomic mass is 32.2. The average molecular weight is 397 g/mol. The van der Waals surface area contributed by atoms with Crippen LogP contribution in [0.1, 0.15) is 10.4 Å². The van der Waals surface area contributed by atoms with Crippen LogP contribution in [0.15, 0.2) is 52.2 Å². The van der Waals surface area contributed by atoms with Gasteiger partial charge in [-0.25, -0.2) is 0 Å². The molecule has 7 nitrogen and oxygen atoms in total. The quantitative estimate of drug-likeness (QED) is 0.510.